The Morgan fingerprint density at radius 2 is 2.07 bits per heavy atom. The second kappa shape index (κ2) is 6.69. The van der Waals surface area contributed by atoms with Gasteiger partial charge in [-0.05, 0) is 19.1 Å². The highest BCUT2D eigenvalue weighted by molar-refractivity contribution is 8.00. The topological polar surface area (TPSA) is 65.8 Å². The SMILES string of the molecule is C=CCN1CCN(c2cc3c(cc2F)c(=O)c(C(=O)O)c2n3C(C)S2)CC1. The molecule has 2 aromatic rings. The molecule has 1 N–H and O–H groups in total. The summed E-state index contributed by atoms with van der Waals surface area (Å²) in [5, 5.41) is 9.98. The lowest BCUT2D eigenvalue weighted by molar-refractivity contribution is 0.0689. The number of anilines is 1. The number of hydrogen-bond acceptors (Lipinski definition) is 5. The third-order valence-corrected chi connectivity index (χ3v) is 6.36. The van der Waals surface area contributed by atoms with E-state index in [-0.39, 0.29) is 16.3 Å². The van der Waals surface area contributed by atoms with E-state index >= 15 is 0 Å². The van der Waals surface area contributed by atoms with Crippen molar-refractivity contribution in [1.29, 1.82) is 0 Å². The Labute approximate surface area is 159 Å². The molecule has 0 amide bonds. The zero-order valence-corrected chi connectivity index (χ0v) is 15.8. The Morgan fingerprint density at radius 1 is 1.37 bits per heavy atom. The Kier molecular flexibility index (Phi) is 4.47. The van der Waals surface area contributed by atoms with Crippen molar-refractivity contribution in [3.8, 4) is 0 Å². The fourth-order valence-electron chi connectivity index (χ4n) is 3.82. The molecule has 1 unspecified atom stereocenters. The van der Waals surface area contributed by atoms with Gasteiger partial charge in [-0.2, -0.15) is 0 Å². The van der Waals surface area contributed by atoms with E-state index in [0.29, 0.717) is 29.3 Å². The van der Waals surface area contributed by atoms with Crippen LogP contribution in [0.4, 0.5) is 10.1 Å². The Bertz CT molecular complexity index is 1010. The number of rotatable bonds is 4. The second-order valence-electron chi connectivity index (χ2n) is 6.80. The summed E-state index contributed by atoms with van der Waals surface area (Å²) in [6.07, 6.45) is 1.86. The first-order valence-corrected chi connectivity index (χ1v) is 9.70. The van der Waals surface area contributed by atoms with Crippen LogP contribution in [0.2, 0.25) is 0 Å². The van der Waals surface area contributed by atoms with Crippen molar-refractivity contribution >= 4 is 34.3 Å². The van der Waals surface area contributed by atoms with E-state index in [2.05, 4.69) is 11.5 Å². The first-order valence-electron chi connectivity index (χ1n) is 8.82. The average Bonchev–Trinajstić information content (AvgIpc) is 2.62. The van der Waals surface area contributed by atoms with Gasteiger partial charge in [-0.15, -0.1) is 6.58 Å². The summed E-state index contributed by atoms with van der Waals surface area (Å²) in [6, 6.07) is 2.89. The Hall–Kier alpha value is -2.32. The van der Waals surface area contributed by atoms with Crippen LogP contribution in [0.15, 0.2) is 34.6 Å². The molecule has 0 spiro atoms. The van der Waals surface area contributed by atoms with E-state index in [1.165, 1.54) is 17.8 Å². The summed E-state index contributed by atoms with van der Waals surface area (Å²) in [4.78, 5) is 28.4. The molecule has 27 heavy (non-hydrogen) atoms. The molecule has 142 valence electrons. The molecule has 1 fully saturated rings. The van der Waals surface area contributed by atoms with Gasteiger partial charge >= 0.3 is 5.97 Å². The molecule has 0 radical (unpaired) electrons. The van der Waals surface area contributed by atoms with Gasteiger partial charge in [-0.25, -0.2) is 9.18 Å². The quantitative estimate of drug-likeness (QED) is 0.812. The van der Waals surface area contributed by atoms with Crippen molar-refractivity contribution in [3.05, 3.63) is 46.4 Å². The van der Waals surface area contributed by atoms with Crippen LogP contribution in [0.1, 0.15) is 22.7 Å². The zero-order chi connectivity index (χ0) is 19.3. The molecule has 2 aliphatic heterocycles. The Balaban J connectivity index is 1.81. The van der Waals surface area contributed by atoms with Crippen LogP contribution in [0.5, 0.6) is 0 Å². The van der Waals surface area contributed by atoms with Crippen LogP contribution in [0.3, 0.4) is 0 Å². The van der Waals surface area contributed by atoms with Crippen LogP contribution < -0.4 is 10.3 Å². The lowest BCUT2D eigenvalue weighted by atomic mass is 10.1. The van der Waals surface area contributed by atoms with Gasteiger partial charge in [0, 0.05) is 38.1 Å². The van der Waals surface area contributed by atoms with Crippen LogP contribution in [-0.2, 0) is 0 Å². The molecule has 4 rings (SSSR count). The van der Waals surface area contributed by atoms with E-state index in [1.807, 2.05) is 22.5 Å². The number of halogens is 1. The van der Waals surface area contributed by atoms with Gasteiger partial charge in [0.2, 0.25) is 5.43 Å². The van der Waals surface area contributed by atoms with Crippen molar-refractivity contribution in [2.45, 2.75) is 17.3 Å². The number of piperazine rings is 1. The van der Waals surface area contributed by atoms with Gasteiger partial charge in [0.05, 0.1) is 21.6 Å². The summed E-state index contributed by atoms with van der Waals surface area (Å²) in [5.74, 6) is -1.76. The minimum absolute atomic E-state index is 0.00366. The summed E-state index contributed by atoms with van der Waals surface area (Å²) >= 11 is 1.35. The van der Waals surface area contributed by atoms with Gasteiger partial charge < -0.3 is 14.6 Å². The molecule has 2 aliphatic rings. The molecule has 1 saturated heterocycles. The van der Waals surface area contributed by atoms with Crippen molar-refractivity contribution in [1.82, 2.24) is 9.47 Å². The summed E-state index contributed by atoms with van der Waals surface area (Å²) in [5.41, 5.74) is 0.165. The third kappa shape index (κ3) is 2.83. The predicted octanol–water partition coefficient (Wildman–Crippen LogP) is 2.77. The average molecular weight is 389 g/mol. The minimum atomic E-state index is -1.27. The number of carboxylic acids is 1. The number of hydrogen-bond donors (Lipinski definition) is 1. The summed E-state index contributed by atoms with van der Waals surface area (Å²) < 4.78 is 16.7. The highest BCUT2D eigenvalue weighted by atomic mass is 32.2. The number of aromatic carboxylic acids is 1. The van der Waals surface area contributed by atoms with E-state index in [1.54, 1.807) is 6.07 Å². The summed E-state index contributed by atoms with van der Waals surface area (Å²) in [7, 11) is 0. The highest BCUT2D eigenvalue weighted by Gasteiger charge is 2.33. The molecular formula is C19H20FN3O3S. The largest absolute Gasteiger partial charge is 0.477 e. The fraction of sp³-hybridized carbons (Fsp3) is 0.368. The van der Waals surface area contributed by atoms with Crippen molar-refractivity contribution in [2.24, 2.45) is 0 Å². The maximum Gasteiger partial charge on any atom is 0.342 e. The van der Waals surface area contributed by atoms with E-state index < -0.39 is 17.2 Å². The molecule has 0 saturated carbocycles. The number of thioether (sulfide) groups is 1. The maximum atomic E-state index is 14.8. The van der Waals surface area contributed by atoms with E-state index in [0.717, 1.165) is 19.6 Å². The van der Waals surface area contributed by atoms with Crippen molar-refractivity contribution in [3.63, 3.8) is 0 Å². The normalized spacial score (nSPS) is 19.6. The molecular weight excluding hydrogens is 369 g/mol. The Morgan fingerprint density at radius 3 is 2.67 bits per heavy atom. The number of fused-ring (bicyclic) bond motifs is 3. The number of nitrogens with zero attached hydrogens (tertiary/aromatic N) is 3. The molecule has 1 atom stereocenters. The van der Waals surface area contributed by atoms with Gasteiger partial charge in [-0.1, -0.05) is 17.8 Å². The smallest absolute Gasteiger partial charge is 0.342 e. The molecule has 0 aliphatic carbocycles. The van der Waals surface area contributed by atoms with Crippen molar-refractivity contribution < 1.29 is 14.3 Å². The van der Waals surface area contributed by atoms with Gasteiger partial charge in [0.25, 0.3) is 0 Å². The van der Waals surface area contributed by atoms with Crippen LogP contribution in [0.25, 0.3) is 10.9 Å². The molecule has 0 bridgehead atoms. The predicted molar refractivity (Wildman–Crippen MR) is 105 cm³/mol. The molecule has 1 aromatic carbocycles. The second-order valence-corrected chi connectivity index (χ2v) is 8.10. The fourth-order valence-corrected chi connectivity index (χ4v) is 4.97. The standard InChI is InChI=1S/C19H20FN3O3S/c1-3-4-21-5-7-22(8-6-21)15-10-14-12(9-13(15)20)17(24)16(19(25)26)18-23(14)11(2)27-18/h3,9-11H,1,4-8H2,2H3,(H,25,26). The first kappa shape index (κ1) is 18.1. The highest BCUT2D eigenvalue weighted by Crippen LogP contribution is 2.46. The number of carbonyl (C=O) groups is 1. The first-order chi connectivity index (χ1) is 12.9. The molecule has 1 aromatic heterocycles. The summed E-state index contributed by atoms with van der Waals surface area (Å²) in [6.45, 7) is 9.49. The third-order valence-electron chi connectivity index (χ3n) is 5.19. The number of carboxylic acid groups (broad SMARTS) is 1. The minimum Gasteiger partial charge on any atom is -0.477 e. The number of aromatic nitrogens is 1. The van der Waals surface area contributed by atoms with Gasteiger partial charge in [0.15, 0.2) is 0 Å². The molecule has 6 nitrogen and oxygen atoms in total. The van der Waals surface area contributed by atoms with Crippen LogP contribution in [-0.4, -0.2) is 53.3 Å². The maximum absolute atomic E-state index is 14.8. The van der Waals surface area contributed by atoms with Gasteiger partial charge in [0.1, 0.15) is 11.4 Å². The number of pyridine rings is 1. The van der Waals surface area contributed by atoms with Gasteiger partial charge in [-0.3, -0.25) is 9.69 Å². The van der Waals surface area contributed by atoms with Crippen LogP contribution >= 0.6 is 11.8 Å². The lowest BCUT2D eigenvalue weighted by Gasteiger charge is -2.37. The number of benzene rings is 1. The lowest BCUT2D eigenvalue weighted by Crippen LogP contribution is -2.46. The van der Waals surface area contributed by atoms with E-state index in [4.69, 9.17) is 0 Å². The van der Waals surface area contributed by atoms with Crippen LogP contribution in [0, 0.1) is 5.82 Å². The van der Waals surface area contributed by atoms with Crippen molar-refractivity contribution in [2.75, 3.05) is 37.6 Å². The molecule has 3 heterocycles. The van der Waals surface area contributed by atoms with E-state index in [9.17, 15) is 19.1 Å². The zero-order valence-electron chi connectivity index (χ0n) is 14.9. The molecule has 8 heteroatoms. The monoisotopic (exact) mass is 389 g/mol.